The van der Waals surface area contributed by atoms with Crippen LogP contribution in [0.4, 0.5) is 5.69 Å². The summed E-state index contributed by atoms with van der Waals surface area (Å²) >= 11 is 0. The first-order chi connectivity index (χ1) is 10.1. The highest BCUT2D eigenvalue weighted by atomic mass is 16.5. The molecule has 1 heterocycles. The third-order valence-corrected chi connectivity index (χ3v) is 3.39. The van der Waals surface area contributed by atoms with Gasteiger partial charge >= 0.3 is 0 Å². The summed E-state index contributed by atoms with van der Waals surface area (Å²) in [7, 11) is 0. The molecule has 0 aliphatic carbocycles. The summed E-state index contributed by atoms with van der Waals surface area (Å²) in [5.74, 6) is 0.495. The van der Waals surface area contributed by atoms with Crippen LogP contribution >= 0.6 is 0 Å². The maximum Gasteiger partial charge on any atom is 0.231 e. The average Bonchev–Trinajstić information content (AvgIpc) is 2.89. The minimum Gasteiger partial charge on any atom is -0.489 e. The van der Waals surface area contributed by atoms with Gasteiger partial charge in [0.2, 0.25) is 5.91 Å². The van der Waals surface area contributed by atoms with E-state index >= 15 is 0 Å². The molecule has 2 atom stereocenters. The number of likely N-dealkylation sites (N-methyl/N-ethyl adjacent to an activating group) is 1. The molecule has 2 N–H and O–H groups in total. The van der Waals surface area contributed by atoms with Gasteiger partial charge in [0.1, 0.15) is 5.75 Å². The topological polar surface area (TPSA) is 59.6 Å². The standard InChI is InChI=1S/C16H24N2O3/c1-4-17-14-10-20-9-12(14)16(19)18-13-7-5-6-8-15(13)21-11(2)3/h5-8,11-12,14,17H,4,9-10H2,1-3H3,(H,18,19). The molecule has 2 rings (SSSR count). The third kappa shape index (κ3) is 4.19. The van der Waals surface area contributed by atoms with Crippen LogP contribution in [0.1, 0.15) is 20.8 Å². The normalized spacial score (nSPS) is 21.5. The zero-order valence-corrected chi connectivity index (χ0v) is 12.9. The van der Waals surface area contributed by atoms with E-state index in [0.717, 1.165) is 6.54 Å². The molecule has 0 aromatic heterocycles. The third-order valence-electron chi connectivity index (χ3n) is 3.39. The fraction of sp³-hybridized carbons (Fsp3) is 0.562. The molecule has 21 heavy (non-hydrogen) atoms. The molecule has 0 bridgehead atoms. The van der Waals surface area contributed by atoms with Gasteiger partial charge in [0, 0.05) is 6.04 Å². The minimum absolute atomic E-state index is 0.0294. The molecular formula is C16H24N2O3. The number of rotatable bonds is 6. The summed E-state index contributed by atoms with van der Waals surface area (Å²) in [5.41, 5.74) is 0.707. The second-order valence-electron chi connectivity index (χ2n) is 5.46. The Labute approximate surface area is 126 Å². The van der Waals surface area contributed by atoms with E-state index < -0.39 is 0 Å². The van der Waals surface area contributed by atoms with E-state index in [2.05, 4.69) is 10.6 Å². The summed E-state index contributed by atoms with van der Waals surface area (Å²) in [5, 5.41) is 6.25. The van der Waals surface area contributed by atoms with Crippen LogP contribution in [0.3, 0.4) is 0 Å². The van der Waals surface area contributed by atoms with Crippen molar-refractivity contribution in [2.45, 2.75) is 32.9 Å². The van der Waals surface area contributed by atoms with Crippen LogP contribution < -0.4 is 15.4 Å². The van der Waals surface area contributed by atoms with Crippen molar-refractivity contribution in [1.82, 2.24) is 5.32 Å². The molecular weight excluding hydrogens is 268 g/mol. The van der Waals surface area contributed by atoms with Gasteiger partial charge in [-0.2, -0.15) is 0 Å². The van der Waals surface area contributed by atoms with E-state index in [4.69, 9.17) is 9.47 Å². The summed E-state index contributed by atoms with van der Waals surface area (Å²) < 4.78 is 11.1. The first kappa shape index (κ1) is 15.8. The van der Waals surface area contributed by atoms with E-state index in [1.165, 1.54) is 0 Å². The Bertz CT molecular complexity index is 476. The smallest absolute Gasteiger partial charge is 0.231 e. The number of hydrogen-bond donors (Lipinski definition) is 2. The monoisotopic (exact) mass is 292 g/mol. The molecule has 0 spiro atoms. The molecule has 1 aromatic rings. The lowest BCUT2D eigenvalue weighted by Gasteiger charge is -2.19. The van der Waals surface area contributed by atoms with Crippen LogP contribution in [-0.4, -0.2) is 37.8 Å². The number of nitrogens with one attached hydrogen (secondary N) is 2. The van der Waals surface area contributed by atoms with E-state index in [1.54, 1.807) is 0 Å². The Balaban J connectivity index is 2.05. The molecule has 1 fully saturated rings. The van der Waals surface area contributed by atoms with Crippen molar-refractivity contribution in [3.05, 3.63) is 24.3 Å². The van der Waals surface area contributed by atoms with E-state index in [1.807, 2.05) is 45.0 Å². The maximum atomic E-state index is 12.5. The maximum absolute atomic E-state index is 12.5. The SMILES string of the molecule is CCNC1COCC1C(=O)Nc1ccccc1OC(C)C. The summed E-state index contributed by atoms with van der Waals surface area (Å²) in [6.07, 6.45) is 0.0624. The van der Waals surface area contributed by atoms with Gasteiger partial charge in [0.25, 0.3) is 0 Å². The lowest BCUT2D eigenvalue weighted by atomic mass is 10.0. The Morgan fingerprint density at radius 2 is 2.14 bits per heavy atom. The van der Waals surface area contributed by atoms with Crippen molar-refractivity contribution in [3.63, 3.8) is 0 Å². The molecule has 1 aliphatic heterocycles. The molecule has 0 radical (unpaired) electrons. The highest BCUT2D eigenvalue weighted by molar-refractivity contribution is 5.94. The largest absolute Gasteiger partial charge is 0.489 e. The van der Waals surface area contributed by atoms with Crippen LogP contribution in [0.15, 0.2) is 24.3 Å². The Morgan fingerprint density at radius 3 is 2.86 bits per heavy atom. The van der Waals surface area contributed by atoms with Gasteiger partial charge in [-0.1, -0.05) is 19.1 Å². The number of ether oxygens (including phenoxy) is 2. The lowest BCUT2D eigenvalue weighted by molar-refractivity contribution is -0.120. The molecule has 1 aromatic carbocycles. The molecule has 0 saturated carbocycles. The van der Waals surface area contributed by atoms with Crippen molar-refractivity contribution in [2.24, 2.45) is 5.92 Å². The number of anilines is 1. The molecule has 116 valence electrons. The van der Waals surface area contributed by atoms with Crippen molar-refractivity contribution in [1.29, 1.82) is 0 Å². The highest BCUT2D eigenvalue weighted by Crippen LogP contribution is 2.26. The molecule has 1 amide bonds. The van der Waals surface area contributed by atoms with E-state index in [0.29, 0.717) is 24.7 Å². The number of benzene rings is 1. The second kappa shape index (κ2) is 7.43. The molecule has 2 unspecified atom stereocenters. The quantitative estimate of drug-likeness (QED) is 0.842. The first-order valence-electron chi connectivity index (χ1n) is 7.49. The van der Waals surface area contributed by atoms with Crippen LogP contribution in [0.5, 0.6) is 5.75 Å². The second-order valence-corrected chi connectivity index (χ2v) is 5.46. The van der Waals surface area contributed by atoms with Crippen molar-refractivity contribution < 1.29 is 14.3 Å². The lowest BCUT2D eigenvalue weighted by Crippen LogP contribution is -2.41. The fourth-order valence-electron chi connectivity index (χ4n) is 2.43. The number of amides is 1. The molecule has 1 saturated heterocycles. The van der Waals surface area contributed by atoms with Crippen LogP contribution in [0.2, 0.25) is 0 Å². The predicted octanol–water partition coefficient (Wildman–Crippen LogP) is 2.04. The summed E-state index contributed by atoms with van der Waals surface area (Å²) in [6, 6.07) is 7.58. The summed E-state index contributed by atoms with van der Waals surface area (Å²) in [4.78, 5) is 12.5. The van der Waals surface area contributed by atoms with E-state index in [-0.39, 0.29) is 24.0 Å². The summed E-state index contributed by atoms with van der Waals surface area (Å²) in [6.45, 7) is 7.81. The number of carbonyl (C=O) groups excluding carboxylic acids is 1. The van der Waals surface area contributed by atoms with E-state index in [9.17, 15) is 4.79 Å². The zero-order valence-electron chi connectivity index (χ0n) is 12.9. The number of para-hydroxylation sites is 2. The number of carbonyl (C=O) groups is 1. The van der Waals surface area contributed by atoms with Crippen LogP contribution in [0.25, 0.3) is 0 Å². The van der Waals surface area contributed by atoms with Gasteiger partial charge in [-0.25, -0.2) is 0 Å². The van der Waals surface area contributed by atoms with Gasteiger partial charge in [0.05, 0.1) is 30.9 Å². The van der Waals surface area contributed by atoms with Crippen LogP contribution in [-0.2, 0) is 9.53 Å². The fourth-order valence-corrected chi connectivity index (χ4v) is 2.43. The van der Waals surface area contributed by atoms with Gasteiger partial charge in [-0.05, 0) is 32.5 Å². The molecule has 5 heteroatoms. The first-order valence-corrected chi connectivity index (χ1v) is 7.49. The predicted molar refractivity (Wildman–Crippen MR) is 82.6 cm³/mol. The Kier molecular flexibility index (Phi) is 5.59. The van der Waals surface area contributed by atoms with Gasteiger partial charge in [0.15, 0.2) is 0 Å². The highest BCUT2D eigenvalue weighted by Gasteiger charge is 2.33. The van der Waals surface area contributed by atoms with Gasteiger partial charge < -0.3 is 20.1 Å². The van der Waals surface area contributed by atoms with Crippen molar-refractivity contribution in [3.8, 4) is 5.75 Å². The van der Waals surface area contributed by atoms with Gasteiger partial charge in [-0.3, -0.25) is 4.79 Å². The van der Waals surface area contributed by atoms with Gasteiger partial charge in [-0.15, -0.1) is 0 Å². The molecule has 5 nitrogen and oxygen atoms in total. The van der Waals surface area contributed by atoms with Crippen molar-refractivity contribution >= 4 is 11.6 Å². The minimum atomic E-state index is -0.169. The Morgan fingerprint density at radius 1 is 1.38 bits per heavy atom. The zero-order chi connectivity index (χ0) is 15.2. The van der Waals surface area contributed by atoms with Crippen LogP contribution in [0, 0.1) is 5.92 Å². The van der Waals surface area contributed by atoms with Crippen molar-refractivity contribution in [2.75, 3.05) is 25.1 Å². The molecule has 1 aliphatic rings. The Hall–Kier alpha value is -1.59. The average molecular weight is 292 g/mol. The number of hydrogen-bond acceptors (Lipinski definition) is 4.